The molecule has 0 saturated heterocycles. The Bertz CT molecular complexity index is 869. The van der Waals surface area contributed by atoms with Crippen LogP contribution in [0.5, 0.6) is 0 Å². The average Bonchev–Trinajstić information content (AvgIpc) is 3.15. The molecule has 1 N–H and O–H groups in total. The Morgan fingerprint density at radius 3 is 2.57 bits per heavy atom. The van der Waals surface area contributed by atoms with Crippen molar-refractivity contribution in [2.75, 3.05) is 0 Å². The first kappa shape index (κ1) is 26.5. The van der Waals surface area contributed by atoms with Crippen molar-refractivity contribution < 1.29 is 19.4 Å². The van der Waals surface area contributed by atoms with Crippen LogP contribution in [0.4, 0.5) is 0 Å². The van der Waals surface area contributed by atoms with Gasteiger partial charge in [-0.2, -0.15) is 0 Å². The smallest absolute Gasteiger partial charge is 0.306 e. The van der Waals surface area contributed by atoms with E-state index in [9.17, 15) is 9.59 Å². The molecule has 4 aliphatic carbocycles. The molecule has 0 aromatic heterocycles. The third-order valence-electron chi connectivity index (χ3n) is 10.5. The summed E-state index contributed by atoms with van der Waals surface area (Å²) in [6.45, 7) is 12.2. The molecule has 0 unspecified atom stereocenters. The van der Waals surface area contributed by atoms with Gasteiger partial charge in [-0.25, -0.2) is 0 Å². The van der Waals surface area contributed by atoms with Crippen LogP contribution in [0.2, 0.25) is 0 Å². The number of hydrogen-bond donors (Lipinski definition) is 1. The molecule has 2 saturated carbocycles. The third-order valence-corrected chi connectivity index (χ3v) is 10.5. The minimum Gasteiger partial charge on any atom is -0.481 e. The van der Waals surface area contributed by atoms with Crippen LogP contribution >= 0.6 is 0 Å². The highest BCUT2D eigenvalue weighted by Gasteiger charge is 2.56. The third kappa shape index (κ3) is 5.27. The van der Waals surface area contributed by atoms with Crippen LogP contribution in [0.1, 0.15) is 112 Å². The molecule has 4 heteroatoms. The number of aliphatic carboxylic acids is 1. The van der Waals surface area contributed by atoms with Gasteiger partial charge in [0, 0.05) is 11.8 Å². The standard InChI is InChI=1S/C31H48O4/c1-20(2)7-6-8-21(3)25-11-12-26-24-10-9-22-19-23(35-29(34)14-13-28(32)33)15-17-30(22,4)27(24)16-18-31(25,26)5/h9,16,20-21,23-26H,6-8,10-15,17-19H2,1-5H3,(H,32,33)/t21-,23+,24-,25-,26+,30+,31-/m1/s1. The van der Waals surface area contributed by atoms with Crippen molar-refractivity contribution >= 4 is 11.9 Å². The molecule has 0 aromatic carbocycles. The molecule has 0 aliphatic heterocycles. The number of rotatable bonds is 9. The Kier molecular flexibility index (Phi) is 7.88. The normalized spacial score (nSPS) is 37.0. The Morgan fingerprint density at radius 1 is 1.09 bits per heavy atom. The van der Waals surface area contributed by atoms with Gasteiger partial charge in [0.05, 0.1) is 12.8 Å². The molecular weight excluding hydrogens is 436 g/mol. The van der Waals surface area contributed by atoms with Gasteiger partial charge in [0.2, 0.25) is 0 Å². The lowest BCUT2D eigenvalue weighted by molar-refractivity contribution is -0.153. The fourth-order valence-electron chi connectivity index (χ4n) is 8.51. The van der Waals surface area contributed by atoms with E-state index in [1.807, 2.05) is 0 Å². The average molecular weight is 485 g/mol. The van der Waals surface area contributed by atoms with Gasteiger partial charge >= 0.3 is 11.9 Å². The van der Waals surface area contributed by atoms with E-state index in [0.717, 1.165) is 49.4 Å². The molecule has 0 aromatic rings. The number of esters is 1. The zero-order chi connectivity index (χ0) is 25.4. The first-order valence-corrected chi connectivity index (χ1v) is 14.4. The van der Waals surface area contributed by atoms with Crippen LogP contribution in [0, 0.1) is 40.4 Å². The molecule has 4 aliphatic rings. The van der Waals surface area contributed by atoms with Crippen LogP contribution in [0.15, 0.2) is 23.3 Å². The van der Waals surface area contributed by atoms with Crippen molar-refractivity contribution in [3.8, 4) is 0 Å². The number of ether oxygens (including phenoxy) is 1. The summed E-state index contributed by atoms with van der Waals surface area (Å²) in [6, 6.07) is 0. The number of carbonyl (C=O) groups is 2. The molecule has 0 radical (unpaired) electrons. The first-order chi connectivity index (χ1) is 16.5. The minimum atomic E-state index is -0.950. The lowest BCUT2D eigenvalue weighted by Gasteiger charge is -2.54. The van der Waals surface area contributed by atoms with Crippen molar-refractivity contribution in [2.24, 2.45) is 40.4 Å². The van der Waals surface area contributed by atoms with Crippen molar-refractivity contribution in [1.82, 2.24) is 0 Å². The molecule has 7 atom stereocenters. The van der Waals surface area contributed by atoms with Crippen molar-refractivity contribution in [2.45, 2.75) is 118 Å². The molecule has 196 valence electrons. The van der Waals surface area contributed by atoms with Crippen LogP contribution in [0.25, 0.3) is 0 Å². The van der Waals surface area contributed by atoms with E-state index in [2.05, 4.69) is 46.8 Å². The summed E-state index contributed by atoms with van der Waals surface area (Å²) >= 11 is 0. The summed E-state index contributed by atoms with van der Waals surface area (Å²) in [4.78, 5) is 22.9. The van der Waals surface area contributed by atoms with Gasteiger partial charge in [-0.15, -0.1) is 0 Å². The molecular formula is C31H48O4. The van der Waals surface area contributed by atoms with E-state index < -0.39 is 5.97 Å². The number of carboxylic acids is 1. The minimum absolute atomic E-state index is 0.0350. The van der Waals surface area contributed by atoms with Gasteiger partial charge in [-0.3, -0.25) is 9.59 Å². The topological polar surface area (TPSA) is 63.6 Å². The van der Waals surface area contributed by atoms with E-state index in [1.54, 1.807) is 5.57 Å². The highest BCUT2D eigenvalue weighted by atomic mass is 16.5. The van der Waals surface area contributed by atoms with Crippen LogP contribution < -0.4 is 0 Å². The maximum absolute atomic E-state index is 12.1. The predicted octanol–water partition coefficient (Wildman–Crippen LogP) is 7.72. The van der Waals surface area contributed by atoms with E-state index in [1.165, 1.54) is 44.1 Å². The monoisotopic (exact) mass is 484 g/mol. The van der Waals surface area contributed by atoms with Gasteiger partial charge in [-0.05, 0) is 73.5 Å². The molecule has 4 rings (SSSR count). The Hall–Kier alpha value is -1.58. The SMILES string of the molecule is CC(C)CCC[C@@H](C)[C@H]1CC[C@H]2[C@H]3CC=C4C[C@@H](OC(=O)CCC(=O)O)CC[C@]4(C)C3=CC[C@]12C. The predicted molar refractivity (Wildman–Crippen MR) is 140 cm³/mol. The molecule has 2 fully saturated rings. The Morgan fingerprint density at radius 2 is 1.86 bits per heavy atom. The molecule has 0 bridgehead atoms. The van der Waals surface area contributed by atoms with Crippen molar-refractivity contribution in [3.05, 3.63) is 23.3 Å². The molecule has 35 heavy (non-hydrogen) atoms. The number of carbonyl (C=O) groups excluding carboxylic acids is 1. The van der Waals surface area contributed by atoms with Crippen LogP contribution in [-0.2, 0) is 14.3 Å². The Labute approximate surface area is 213 Å². The summed E-state index contributed by atoms with van der Waals surface area (Å²) in [5, 5.41) is 8.83. The lowest BCUT2D eigenvalue weighted by Crippen LogP contribution is -2.45. The van der Waals surface area contributed by atoms with Gasteiger partial charge in [0.1, 0.15) is 6.10 Å². The summed E-state index contributed by atoms with van der Waals surface area (Å²) in [7, 11) is 0. The highest BCUT2D eigenvalue weighted by Crippen LogP contribution is 2.65. The van der Waals surface area contributed by atoms with Crippen LogP contribution in [-0.4, -0.2) is 23.1 Å². The van der Waals surface area contributed by atoms with E-state index in [0.29, 0.717) is 11.3 Å². The van der Waals surface area contributed by atoms with Gasteiger partial charge in [0.15, 0.2) is 0 Å². The summed E-state index contributed by atoms with van der Waals surface area (Å²) in [6.07, 6.45) is 16.8. The van der Waals surface area contributed by atoms with E-state index >= 15 is 0 Å². The van der Waals surface area contributed by atoms with Crippen molar-refractivity contribution in [3.63, 3.8) is 0 Å². The molecule has 0 heterocycles. The summed E-state index contributed by atoms with van der Waals surface area (Å²) < 4.78 is 5.68. The maximum Gasteiger partial charge on any atom is 0.306 e. The van der Waals surface area contributed by atoms with Gasteiger partial charge < -0.3 is 9.84 Å². The quantitative estimate of drug-likeness (QED) is 0.269. The summed E-state index contributed by atoms with van der Waals surface area (Å²) in [5.41, 5.74) is 3.67. The van der Waals surface area contributed by atoms with Gasteiger partial charge in [0.25, 0.3) is 0 Å². The van der Waals surface area contributed by atoms with E-state index in [-0.39, 0.29) is 30.3 Å². The second kappa shape index (κ2) is 10.4. The van der Waals surface area contributed by atoms with E-state index in [4.69, 9.17) is 9.84 Å². The summed E-state index contributed by atoms with van der Waals surface area (Å²) in [5.74, 6) is 2.61. The number of allylic oxidation sites excluding steroid dienone is 3. The van der Waals surface area contributed by atoms with Crippen LogP contribution in [0.3, 0.4) is 0 Å². The molecule has 4 nitrogen and oxygen atoms in total. The number of hydrogen-bond acceptors (Lipinski definition) is 3. The Balaban J connectivity index is 1.42. The highest BCUT2D eigenvalue weighted by molar-refractivity contribution is 5.76. The fourth-order valence-corrected chi connectivity index (χ4v) is 8.51. The zero-order valence-electron chi connectivity index (χ0n) is 22.8. The largest absolute Gasteiger partial charge is 0.481 e. The fraction of sp³-hybridized carbons (Fsp3) is 0.806. The van der Waals surface area contributed by atoms with Gasteiger partial charge in [-0.1, -0.05) is 77.2 Å². The molecule has 0 spiro atoms. The second-order valence-corrected chi connectivity index (χ2v) is 13.1. The van der Waals surface area contributed by atoms with Crippen molar-refractivity contribution in [1.29, 1.82) is 0 Å². The number of fused-ring (bicyclic) bond motifs is 5. The first-order valence-electron chi connectivity index (χ1n) is 14.4. The number of carboxylic acid groups (broad SMARTS) is 1. The second-order valence-electron chi connectivity index (χ2n) is 13.1. The lowest BCUT2D eigenvalue weighted by atomic mass is 9.51. The maximum atomic E-state index is 12.1. The zero-order valence-corrected chi connectivity index (χ0v) is 22.8. The molecule has 0 amide bonds.